The van der Waals surface area contributed by atoms with Crippen molar-refractivity contribution in [3.63, 3.8) is 0 Å². The molecule has 122 valence electrons. The Hall–Kier alpha value is -2.47. The first-order valence-corrected chi connectivity index (χ1v) is 8.15. The van der Waals surface area contributed by atoms with Crippen molar-refractivity contribution in [3.8, 4) is 0 Å². The summed E-state index contributed by atoms with van der Waals surface area (Å²) in [5, 5.41) is 10.2. The van der Waals surface area contributed by atoms with Gasteiger partial charge in [-0.05, 0) is 47.5 Å². The zero-order chi connectivity index (χ0) is 17.4. The van der Waals surface area contributed by atoms with Crippen LogP contribution in [0, 0.1) is 6.92 Å². The van der Waals surface area contributed by atoms with Crippen molar-refractivity contribution >= 4 is 33.4 Å². The molecule has 5 nitrogen and oxygen atoms in total. The first-order valence-electron chi connectivity index (χ1n) is 7.36. The molecular weight excluding hydrogens is 372 g/mol. The Labute approximate surface area is 147 Å². The number of nitrogens with zero attached hydrogens (tertiary/aromatic N) is 2. The lowest BCUT2D eigenvalue weighted by atomic mass is 9.96. The van der Waals surface area contributed by atoms with Gasteiger partial charge >= 0.3 is 0 Å². The van der Waals surface area contributed by atoms with Gasteiger partial charge in [0, 0.05) is 10.7 Å². The number of carbonyl (C=O) groups excluding carboxylic acids is 2. The molecule has 1 atom stereocenters. The largest absolute Gasteiger partial charge is 0.503 e. The molecule has 1 aromatic carbocycles. The van der Waals surface area contributed by atoms with Gasteiger partial charge in [0.05, 0.1) is 11.6 Å². The standard InChI is InChI=1S/C18H15BrN2O3/c1-10-3-5-12(6-4-10)16-15(11(2)22)17(23)18(24)21(16)14-8-7-13(19)9-20-14/h3-9,16,23H,1-2H3/t16-/m1/s1. The topological polar surface area (TPSA) is 70.5 Å². The fraction of sp³-hybridized carbons (Fsp3) is 0.167. The maximum atomic E-state index is 12.6. The van der Waals surface area contributed by atoms with Crippen molar-refractivity contribution in [1.29, 1.82) is 0 Å². The molecular formula is C18H15BrN2O3. The van der Waals surface area contributed by atoms with E-state index in [1.807, 2.05) is 31.2 Å². The van der Waals surface area contributed by atoms with E-state index in [1.54, 1.807) is 18.3 Å². The van der Waals surface area contributed by atoms with Crippen LogP contribution in [0.2, 0.25) is 0 Å². The van der Waals surface area contributed by atoms with Gasteiger partial charge in [-0.15, -0.1) is 0 Å². The quantitative estimate of drug-likeness (QED) is 0.873. The second-order valence-electron chi connectivity index (χ2n) is 5.64. The Balaban J connectivity index is 2.16. The van der Waals surface area contributed by atoms with Gasteiger partial charge in [0.2, 0.25) is 0 Å². The molecule has 24 heavy (non-hydrogen) atoms. The number of rotatable bonds is 3. The van der Waals surface area contributed by atoms with Crippen LogP contribution in [0.3, 0.4) is 0 Å². The minimum Gasteiger partial charge on any atom is -0.503 e. The highest BCUT2D eigenvalue weighted by Crippen LogP contribution is 2.40. The maximum Gasteiger partial charge on any atom is 0.295 e. The number of hydrogen-bond donors (Lipinski definition) is 1. The molecule has 6 heteroatoms. The van der Waals surface area contributed by atoms with Crippen molar-refractivity contribution in [2.75, 3.05) is 4.90 Å². The van der Waals surface area contributed by atoms with E-state index in [0.717, 1.165) is 15.6 Å². The highest BCUT2D eigenvalue weighted by molar-refractivity contribution is 9.10. The molecule has 0 bridgehead atoms. The van der Waals surface area contributed by atoms with Gasteiger partial charge in [-0.25, -0.2) is 4.98 Å². The van der Waals surface area contributed by atoms with Gasteiger partial charge < -0.3 is 5.11 Å². The first-order chi connectivity index (χ1) is 11.4. The van der Waals surface area contributed by atoms with Crippen LogP contribution in [0.1, 0.15) is 24.1 Å². The third kappa shape index (κ3) is 2.73. The Kier molecular flexibility index (Phi) is 4.24. The second-order valence-corrected chi connectivity index (χ2v) is 6.56. The maximum absolute atomic E-state index is 12.6. The van der Waals surface area contributed by atoms with E-state index in [-0.39, 0.29) is 11.4 Å². The van der Waals surface area contributed by atoms with Gasteiger partial charge in [-0.3, -0.25) is 14.5 Å². The predicted molar refractivity (Wildman–Crippen MR) is 93.7 cm³/mol. The van der Waals surface area contributed by atoms with Gasteiger partial charge in [0.25, 0.3) is 5.91 Å². The third-order valence-corrected chi connectivity index (χ3v) is 4.41. The number of aliphatic hydroxyl groups excluding tert-OH is 1. The summed E-state index contributed by atoms with van der Waals surface area (Å²) in [5.74, 6) is -1.11. The fourth-order valence-electron chi connectivity index (χ4n) is 2.78. The average molecular weight is 387 g/mol. The molecule has 1 N–H and O–H groups in total. The Morgan fingerprint density at radius 1 is 1.21 bits per heavy atom. The lowest BCUT2D eigenvalue weighted by molar-refractivity contribution is -0.117. The number of pyridine rings is 1. The summed E-state index contributed by atoms with van der Waals surface area (Å²) in [6.45, 7) is 3.30. The monoisotopic (exact) mass is 386 g/mol. The number of hydrogen-bond acceptors (Lipinski definition) is 4. The van der Waals surface area contributed by atoms with Crippen LogP contribution < -0.4 is 4.90 Å². The molecule has 0 fully saturated rings. The molecule has 1 amide bonds. The molecule has 2 aromatic rings. The summed E-state index contributed by atoms with van der Waals surface area (Å²) in [6, 6.07) is 10.2. The average Bonchev–Trinajstić information content (AvgIpc) is 2.81. The lowest BCUT2D eigenvalue weighted by Crippen LogP contribution is -2.31. The summed E-state index contributed by atoms with van der Waals surface area (Å²) < 4.78 is 0.772. The van der Waals surface area contributed by atoms with Crippen LogP contribution in [0.25, 0.3) is 0 Å². The number of benzene rings is 1. The van der Waals surface area contributed by atoms with Crippen molar-refractivity contribution in [2.45, 2.75) is 19.9 Å². The minimum atomic E-state index is -0.690. The fourth-order valence-corrected chi connectivity index (χ4v) is 3.01. The number of anilines is 1. The zero-order valence-electron chi connectivity index (χ0n) is 13.2. The number of aliphatic hydroxyl groups is 1. The van der Waals surface area contributed by atoms with Crippen LogP contribution in [0.4, 0.5) is 5.82 Å². The van der Waals surface area contributed by atoms with E-state index in [1.165, 1.54) is 11.8 Å². The summed E-state index contributed by atoms with van der Waals surface area (Å²) in [6.07, 6.45) is 1.57. The third-order valence-electron chi connectivity index (χ3n) is 3.94. The normalized spacial score (nSPS) is 17.5. The predicted octanol–water partition coefficient (Wildman–Crippen LogP) is 3.64. The van der Waals surface area contributed by atoms with E-state index in [9.17, 15) is 14.7 Å². The number of aromatic nitrogens is 1. The Morgan fingerprint density at radius 2 is 1.88 bits per heavy atom. The van der Waals surface area contributed by atoms with Crippen molar-refractivity contribution in [3.05, 3.63) is 69.5 Å². The van der Waals surface area contributed by atoms with Crippen molar-refractivity contribution in [2.24, 2.45) is 0 Å². The number of Topliss-reactive ketones (excluding diaryl/α,β-unsaturated/α-hetero) is 1. The molecule has 1 aliphatic heterocycles. The molecule has 3 rings (SSSR count). The highest BCUT2D eigenvalue weighted by Gasteiger charge is 2.43. The number of amides is 1. The summed E-state index contributed by atoms with van der Waals surface area (Å²) in [5.41, 5.74) is 1.90. The van der Waals surface area contributed by atoms with Crippen LogP contribution >= 0.6 is 15.9 Å². The summed E-state index contributed by atoms with van der Waals surface area (Å²) in [4.78, 5) is 30.2. The van der Waals surface area contributed by atoms with Gasteiger partial charge in [-0.1, -0.05) is 29.8 Å². The van der Waals surface area contributed by atoms with E-state index in [0.29, 0.717) is 5.82 Å². The highest BCUT2D eigenvalue weighted by atomic mass is 79.9. The van der Waals surface area contributed by atoms with E-state index in [4.69, 9.17) is 0 Å². The second kappa shape index (κ2) is 6.20. The van der Waals surface area contributed by atoms with Crippen molar-refractivity contribution in [1.82, 2.24) is 4.98 Å². The van der Waals surface area contributed by atoms with Crippen LogP contribution in [-0.4, -0.2) is 21.8 Å². The van der Waals surface area contributed by atoms with Crippen LogP contribution in [0.15, 0.2) is 58.4 Å². The number of aryl methyl sites for hydroxylation is 1. The van der Waals surface area contributed by atoms with Crippen molar-refractivity contribution < 1.29 is 14.7 Å². The molecule has 0 saturated heterocycles. The van der Waals surface area contributed by atoms with Crippen LogP contribution in [-0.2, 0) is 9.59 Å². The zero-order valence-corrected chi connectivity index (χ0v) is 14.7. The number of carbonyl (C=O) groups is 2. The molecule has 1 aliphatic rings. The first kappa shape index (κ1) is 16.4. The molecule has 0 unspecified atom stereocenters. The smallest absolute Gasteiger partial charge is 0.295 e. The molecule has 0 radical (unpaired) electrons. The van der Waals surface area contributed by atoms with Gasteiger partial charge in [0.1, 0.15) is 5.82 Å². The molecule has 0 spiro atoms. The molecule has 0 saturated carbocycles. The Morgan fingerprint density at radius 3 is 2.42 bits per heavy atom. The Bertz CT molecular complexity index is 842. The molecule has 0 aliphatic carbocycles. The summed E-state index contributed by atoms with van der Waals surface area (Å²) >= 11 is 3.30. The SMILES string of the molecule is CC(=O)C1=C(O)C(=O)N(c2ccc(Br)cn2)[C@@H]1c1ccc(C)cc1. The number of halogens is 1. The minimum absolute atomic E-state index is 0.0913. The van der Waals surface area contributed by atoms with E-state index >= 15 is 0 Å². The van der Waals surface area contributed by atoms with Gasteiger partial charge in [0.15, 0.2) is 11.5 Å². The van der Waals surface area contributed by atoms with E-state index in [2.05, 4.69) is 20.9 Å². The molecule has 2 heterocycles. The summed E-state index contributed by atoms with van der Waals surface area (Å²) in [7, 11) is 0. The van der Waals surface area contributed by atoms with Crippen LogP contribution in [0.5, 0.6) is 0 Å². The number of ketones is 1. The van der Waals surface area contributed by atoms with E-state index < -0.39 is 17.7 Å². The molecule has 1 aromatic heterocycles. The lowest BCUT2D eigenvalue weighted by Gasteiger charge is -2.25. The van der Waals surface area contributed by atoms with Gasteiger partial charge in [-0.2, -0.15) is 0 Å².